The van der Waals surface area contributed by atoms with Gasteiger partial charge in [-0.15, -0.1) is 11.3 Å². The maximum Gasteiger partial charge on any atom is 0.336 e. The lowest BCUT2D eigenvalue weighted by Crippen LogP contribution is -2.21. The molecule has 2 aromatic carbocycles. The highest BCUT2D eigenvalue weighted by molar-refractivity contribution is 7.17. The summed E-state index contributed by atoms with van der Waals surface area (Å²) in [6.45, 7) is 2.03. The lowest BCUT2D eigenvalue weighted by Gasteiger charge is -2.10. The van der Waals surface area contributed by atoms with E-state index < -0.39 is 5.63 Å². The number of halogens is 1. The van der Waals surface area contributed by atoms with Gasteiger partial charge in [-0.25, -0.2) is 9.78 Å². The van der Waals surface area contributed by atoms with Gasteiger partial charge in [-0.3, -0.25) is 9.36 Å². The van der Waals surface area contributed by atoms with Crippen molar-refractivity contribution in [3.63, 3.8) is 0 Å². The van der Waals surface area contributed by atoms with Crippen LogP contribution in [0.25, 0.3) is 32.3 Å². The molecule has 0 saturated heterocycles. The summed E-state index contributed by atoms with van der Waals surface area (Å²) in [5.74, 6) is 0. The van der Waals surface area contributed by atoms with Gasteiger partial charge in [-0.1, -0.05) is 41.9 Å². The minimum Gasteiger partial charge on any atom is -0.423 e. The van der Waals surface area contributed by atoms with Gasteiger partial charge in [-0.2, -0.15) is 0 Å². The minimum absolute atomic E-state index is 0.153. The van der Waals surface area contributed by atoms with E-state index in [4.69, 9.17) is 16.0 Å². The Morgan fingerprint density at radius 1 is 1.13 bits per heavy atom. The number of benzene rings is 2. The van der Waals surface area contributed by atoms with Crippen molar-refractivity contribution in [2.24, 2.45) is 0 Å². The molecule has 0 N–H and O–H groups in total. The summed E-state index contributed by atoms with van der Waals surface area (Å²) in [6, 6.07) is 14.7. The fourth-order valence-corrected chi connectivity index (χ4v) is 4.64. The molecule has 0 saturated carbocycles. The van der Waals surface area contributed by atoms with Gasteiger partial charge in [0.2, 0.25) is 0 Å². The number of hydrogen-bond donors (Lipinski definition) is 0. The van der Waals surface area contributed by atoms with Crippen LogP contribution in [0.1, 0.15) is 11.1 Å². The predicted molar refractivity (Wildman–Crippen MR) is 121 cm³/mol. The first kappa shape index (κ1) is 18.8. The quantitative estimate of drug-likeness (QED) is 0.364. The van der Waals surface area contributed by atoms with E-state index in [0.717, 1.165) is 16.7 Å². The van der Waals surface area contributed by atoms with E-state index in [1.165, 1.54) is 28.3 Å². The van der Waals surface area contributed by atoms with Gasteiger partial charge in [0.25, 0.3) is 5.56 Å². The lowest BCUT2D eigenvalue weighted by atomic mass is 10.1. The Kier molecular flexibility index (Phi) is 4.53. The van der Waals surface area contributed by atoms with E-state index >= 15 is 0 Å². The molecule has 3 heterocycles. The number of fused-ring (bicyclic) bond motifs is 2. The Hall–Kier alpha value is -3.22. The van der Waals surface area contributed by atoms with E-state index in [1.807, 2.05) is 42.6 Å². The summed E-state index contributed by atoms with van der Waals surface area (Å²) >= 11 is 7.73. The molecule has 7 heteroatoms. The SMILES string of the molecule is Cc1cc2oc(=O)cc(Cn3cnc4scc(-c5ccccc5)c4c3=O)c2cc1Cl. The topological polar surface area (TPSA) is 65.1 Å². The van der Waals surface area contributed by atoms with Crippen LogP contribution in [-0.2, 0) is 6.54 Å². The van der Waals surface area contributed by atoms with Crippen molar-refractivity contribution in [3.8, 4) is 11.1 Å². The number of hydrogen-bond acceptors (Lipinski definition) is 5. The largest absolute Gasteiger partial charge is 0.423 e. The van der Waals surface area contributed by atoms with Gasteiger partial charge in [0, 0.05) is 27.4 Å². The van der Waals surface area contributed by atoms with E-state index in [-0.39, 0.29) is 12.1 Å². The Balaban J connectivity index is 1.69. The Morgan fingerprint density at radius 2 is 1.93 bits per heavy atom. The monoisotopic (exact) mass is 434 g/mol. The van der Waals surface area contributed by atoms with Crippen molar-refractivity contribution in [1.82, 2.24) is 9.55 Å². The molecule has 30 heavy (non-hydrogen) atoms. The van der Waals surface area contributed by atoms with Gasteiger partial charge in [0.15, 0.2) is 0 Å². The highest BCUT2D eigenvalue weighted by Crippen LogP contribution is 2.30. The standard InChI is InChI=1S/C23H15ClN2O3S/c1-13-7-19-16(9-18(13)24)15(8-20(27)29-19)10-26-12-25-22-21(23(26)28)17(11-30-22)14-5-3-2-4-6-14/h2-9,11-12H,10H2,1H3. The van der Waals surface area contributed by atoms with Crippen LogP contribution >= 0.6 is 22.9 Å². The van der Waals surface area contributed by atoms with E-state index in [2.05, 4.69) is 4.98 Å². The van der Waals surface area contributed by atoms with E-state index in [0.29, 0.717) is 31.8 Å². The van der Waals surface area contributed by atoms with Crippen LogP contribution in [0.4, 0.5) is 0 Å². The second kappa shape index (κ2) is 7.23. The van der Waals surface area contributed by atoms with Gasteiger partial charge >= 0.3 is 5.63 Å². The van der Waals surface area contributed by atoms with Crippen LogP contribution in [0.5, 0.6) is 0 Å². The summed E-state index contributed by atoms with van der Waals surface area (Å²) in [6.07, 6.45) is 1.52. The fourth-order valence-electron chi connectivity index (χ4n) is 3.57. The van der Waals surface area contributed by atoms with Crippen molar-refractivity contribution in [2.45, 2.75) is 13.5 Å². The maximum absolute atomic E-state index is 13.3. The number of aromatic nitrogens is 2. The van der Waals surface area contributed by atoms with Crippen LogP contribution in [0.3, 0.4) is 0 Å². The van der Waals surface area contributed by atoms with Crippen LogP contribution in [0.15, 0.2) is 74.2 Å². The molecule has 3 aromatic heterocycles. The molecule has 0 aliphatic carbocycles. The van der Waals surface area contributed by atoms with Crippen molar-refractivity contribution in [1.29, 1.82) is 0 Å². The molecule has 0 atom stereocenters. The fraction of sp³-hybridized carbons (Fsp3) is 0.0870. The zero-order valence-corrected chi connectivity index (χ0v) is 17.5. The molecule has 5 nitrogen and oxygen atoms in total. The molecule has 0 unspecified atom stereocenters. The number of rotatable bonds is 3. The van der Waals surface area contributed by atoms with Crippen molar-refractivity contribution in [3.05, 3.63) is 97.2 Å². The molecule has 0 aliphatic heterocycles. The third-order valence-electron chi connectivity index (χ3n) is 5.10. The second-order valence-corrected chi connectivity index (χ2v) is 8.33. The molecular weight excluding hydrogens is 420 g/mol. The van der Waals surface area contributed by atoms with Gasteiger partial charge in [0.1, 0.15) is 10.4 Å². The third kappa shape index (κ3) is 3.14. The minimum atomic E-state index is -0.471. The summed E-state index contributed by atoms with van der Waals surface area (Å²) in [5, 5.41) is 3.80. The summed E-state index contributed by atoms with van der Waals surface area (Å²) in [7, 11) is 0. The first-order chi connectivity index (χ1) is 14.5. The molecule has 0 aliphatic rings. The molecule has 148 valence electrons. The molecule has 0 fully saturated rings. The lowest BCUT2D eigenvalue weighted by molar-refractivity contribution is 0.557. The molecule has 0 spiro atoms. The third-order valence-corrected chi connectivity index (χ3v) is 6.39. The zero-order chi connectivity index (χ0) is 20.8. The maximum atomic E-state index is 13.3. The molecular formula is C23H15ClN2O3S. The van der Waals surface area contributed by atoms with Crippen LogP contribution in [0.2, 0.25) is 5.02 Å². The number of thiophene rings is 1. The molecule has 5 aromatic rings. The molecule has 5 rings (SSSR count). The normalized spacial score (nSPS) is 11.4. The van der Waals surface area contributed by atoms with E-state index in [1.54, 1.807) is 12.1 Å². The summed E-state index contributed by atoms with van der Waals surface area (Å²) < 4.78 is 6.84. The first-order valence-corrected chi connectivity index (χ1v) is 10.5. The van der Waals surface area contributed by atoms with Gasteiger partial charge in [-0.05, 0) is 35.7 Å². The van der Waals surface area contributed by atoms with Crippen LogP contribution in [0, 0.1) is 6.92 Å². The Morgan fingerprint density at radius 3 is 2.73 bits per heavy atom. The molecule has 0 bridgehead atoms. The number of nitrogens with zero attached hydrogens (tertiary/aromatic N) is 2. The van der Waals surface area contributed by atoms with Crippen molar-refractivity contribution >= 4 is 44.1 Å². The Labute approximate surface area is 179 Å². The van der Waals surface area contributed by atoms with Gasteiger partial charge < -0.3 is 4.42 Å². The first-order valence-electron chi connectivity index (χ1n) is 9.26. The van der Waals surface area contributed by atoms with Gasteiger partial charge in [0.05, 0.1) is 18.3 Å². The number of aryl methyl sites for hydroxylation is 1. The average molecular weight is 435 g/mol. The highest BCUT2D eigenvalue weighted by Gasteiger charge is 2.15. The summed E-state index contributed by atoms with van der Waals surface area (Å²) in [5.41, 5.74) is 3.12. The Bertz CT molecular complexity index is 1530. The van der Waals surface area contributed by atoms with Crippen LogP contribution < -0.4 is 11.2 Å². The second-order valence-electron chi connectivity index (χ2n) is 7.06. The zero-order valence-electron chi connectivity index (χ0n) is 15.9. The average Bonchev–Trinajstić information content (AvgIpc) is 3.17. The summed E-state index contributed by atoms with van der Waals surface area (Å²) in [4.78, 5) is 30.6. The van der Waals surface area contributed by atoms with Crippen molar-refractivity contribution in [2.75, 3.05) is 0 Å². The highest BCUT2D eigenvalue weighted by atomic mass is 35.5. The molecule has 0 amide bonds. The van der Waals surface area contributed by atoms with E-state index in [9.17, 15) is 9.59 Å². The van der Waals surface area contributed by atoms with Crippen molar-refractivity contribution < 1.29 is 4.42 Å². The predicted octanol–water partition coefficient (Wildman–Crippen LogP) is 5.24. The van der Waals surface area contributed by atoms with Crippen LogP contribution in [-0.4, -0.2) is 9.55 Å². The smallest absolute Gasteiger partial charge is 0.336 e. The molecule has 0 radical (unpaired) electrons.